The first kappa shape index (κ1) is 14.6. The van der Waals surface area contributed by atoms with Gasteiger partial charge in [0.05, 0.1) is 23.8 Å². The molecule has 1 aliphatic rings. The van der Waals surface area contributed by atoms with E-state index >= 15 is 0 Å². The van der Waals surface area contributed by atoms with Gasteiger partial charge < -0.3 is 5.11 Å². The number of aliphatic carboxylic acids is 1. The SMILES string of the molecule is O=C(O)C[C@@H]1CC(=O)N(Cc2ccc([N+](=O)[O-])cc2)C1=O. The summed E-state index contributed by atoms with van der Waals surface area (Å²) in [5.74, 6) is -2.89. The third-order valence-corrected chi connectivity index (χ3v) is 3.25. The van der Waals surface area contributed by atoms with Crippen LogP contribution in [0.5, 0.6) is 0 Å². The van der Waals surface area contributed by atoms with Gasteiger partial charge in [-0.3, -0.25) is 29.4 Å². The number of nitro benzene ring substituents is 1. The molecule has 1 aromatic carbocycles. The van der Waals surface area contributed by atoms with Crippen LogP contribution in [0.3, 0.4) is 0 Å². The summed E-state index contributed by atoms with van der Waals surface area (Å²) >= 11 is 0. The Hall–Kier alpha value is -2.77. The van der Waals surface area contributed by atoms with E-state index in [9.17, 15) is 24.5 Å². The molecule has 0 saturated carbocycles. The predicted molar refractivity (Wildman–Crippen MR) is 69.0 cm³/mol. The number of nitrogens with zero attached hydrogens (tertiary/aromatic N) is 2. The van der Waals surface area contributed by atoms with Crippen LogP contribution in [-0.2, 0) is 20.9 Å². The highest BCUT2D eigenvalue weighted by Crippen LogP contribution is 2.25. The molecule has 1 aliphatic heterocycles. The van der Waals surface area contributed by atoms with E-state index in [0.717, 1.165) is 4.90 Å². The smallest absolute Gasteiger partial charge is 0.304 e. The summed E-state index contributed by atoms with van der Waals surface area (Å²) in [6.07, 6.45) is -0.487. The number of non-ortho nitro benzene ring substituents is 1. The van der Waals surface area contributed by atoms with Crippen molar-refractivity contribution in [3.8, 4) is 0 Å². The van der Waals surface area contributed by atoms with Crippen molar-refractivity contribution < 1.29 is 24.4 Å². The van der Waals surface area contributed by atoms with Crippen LogP contribution >= 0.6 is 0 Å². The number of likely N-dealkylation sites (tertiary alicyclic amines) is 1. The average molecular weight is 292 g/mol. The van der Waals surface area contributed by atoms with Gasteiger partial charge in [-0.05, 0) is 5.56 Å². The van der Waals surface area contributed by atoms with E-state index in [-0.39, 0.29) is 25.1 Å². The van der Waals surface area contributed by atoms with Crippen molar-refractivity contribution in [2.45, 2.75) is 19.4 Å². The van der Waals surface area contributed by atoms with Crippen molar-refractivity contribution in [1.29, 1.82) is 0 Å². The molecular formula is C13H12N2O6. The Labute approximate surface area is 119 Å². The number of nitro groups is 1. The van der Waals surface area contributed by atoms with Crippen LogP contribution in [0, 0.1) is 16.0 Å². The van der Waals surface area contributed by atoms with Gasteiger partial charge in [-0.25, -0.2) is 0 Å². The van der Waals surface area contributed by atoms with Gasteiger partial charge in [-0.2, -0.15) is 0 Å². The Kier molecular flexibility index (Phi) is 3.97. The third-order valence-electron chi connectivity index (χ3n) is 3.25. The Balaban J connectivity index is 2.08. The molecule has 0 bridgehead atoms. The normalized spacial score (nSPS) is 18.1. The molecule has 1 heterocycles. The van der Waals surface area contributed by atoms with Crippen molar-refractivity contribution in [3.63, 3.8) is 0 Å². The first-order valence-electron chi connectivity index (χ1n) is 6.18. The molecule has 2 rings (SSSR count). The summed E-state index contributed by atoms with van der Waals surface area (Å²) in [5.41, 5.74) is 0.486. The molecule has 1 fully saturated rings. The second kappa shape index (κ2) is 5.70. The lowest BCUT2D eigenvalue weighted by Crippen LogP contribution is -2.30. The first-order chi connectivity index (χ1) is 9.88. The van der Waals surface area contributed by atoms with Gasteiger partial charge in [0.1, 0.15) is 0 Å². The average Bonchev–Trinajstić information content (AvgIpc) is 2.66. The molecule has 8 nitrogen and oxygen atoms in total. The standard InChI is InChI=1S/C13H12N2O6/c16-11-5-9(6-12(17)18)13(19)14(11)7-8-1-3-10(4-2-8)15(20)21/h1-4,9H,5-7H2,(H,17,18)/t9-/m0/s1. The summed E-state index contributed by atoms with van der Waals surface area (Å²) < 4.78 is 0. The van der Waals surface area contributed by atoms with Crippen LogP contribution in [0.4, 0.5) is 5.69 Å². The van der Waals surface area contributed by atoms with Gasteiger partial charge in [0.2, 0.25) is 11.8 Å². The zero-order valence-corrected chi connectivity index (χ0v) is 10.9. The topological polar surface area (TPSA) is 118 Å². The van der Waals surface area contributed by atoms with Gasteiger partial charge in [-0.1, -0.05) is 12.1 Å². The van der Waals surface area contributed by atoms with Crippen LogP contribution in [-0.4, -0.2) is 32.7 Å². The summed E-state index contributed by atoms with van der Waals surface area (Å²) in [6.45, 7) is -0.00815. The van der Waals surface area contributed by atoms with Crippen LogP contribution in [0.1, 0.15) is 18.4 Å². The number of hydrogen-bond acceptors (Lipinski definition) is 5. The Morgan fingerprint density at radius 1 is 1.33 bits per heavy atom. The lowest BCUT2D eigenvalue weighted by atomic mass is 10.0. The molecule has 1 aromatic rings. The number of carboxylic acids is 1. The molecule has 0 radical (unpaired) electrons. The molecule has 21 heavy (non-hydrogen) atoms. The molecule has 0 spiro atoms. The van der Waals surface area contributed by atoms with Crippen molar-refractivity contribution >= 4 is 23.5 Å². The van der Waals surface area contributed by atoms with Gasteiger partial charge in [0.15, 0.2) is 0 Å². The van der Waals surface area contributed by atoms with Gasteiger partial charge >= 0.3 is 5.97 Å². The Morgan fingerprint density at radius 3 is 2.48 bits per heavy atom. The van der Waals surface area contributed by atoms with E-state index < -0.39 is 28.6 Å². The Bertz CT molecular complexity index is 610. The molecule has 110 valence electrons. The summed E-state index contributed by atoms with van der Waals surface area (Å²) in [5, 5.41) is 19.2. The molecule has 0 unspecified atom stereocenters. The van der Waals surface area contributed by atoms with Crippen LogP contribution in [0.2, 0.25) is 0 Å². The van der Waals surface area contributed by atoms with Gasteiger partial charge in [-0.15, -0.1) is 0 Å². The number of carbonyl (C=O) groups excluding carboxylic acids is 2. The third kappa shape index (κ3) is 3.22. The van der Waals surface area contributed by atoms with Crippen molar-refractivity contribution in [2.75, 3.05) is 0 Å². The van der Waals surface area contributed by atoms with E-state index in [1.165, 1.54) is 24.3 Å². The van der Waals surface area contributed by atoms with Crippen LogP contribution < -0.4 is 0 Å². The highest BCUT2D eigenvalue weighted by atomic mass is 16.6. The van der Waals surface area contributed by atoms with E-state index in [2.05, 4.69) is 0 Å². The number of hydrogen-bond donors (Lipinski definition) is 1. The lowest BCUT2D eigenvalue weighted by molar-refractivity contribution is -0.384. The first-order valence-corrected chi connectivity index (χ1v) is 6.18. The number of carbonyl (C=O) groups is 3. The summed E-state index contributed by atoms with van der Waals surface area (Å²) in [6, 6.07) is 5.50. The number of rotatable bonds is 5. The lowest BCUT2D eigenvalue weighted by Gasteiger charge is -2.14. The minimum Gasteiger partial charge on any atom is -0.481 e. The van der Waals surface area contributed by atoms with Crippen LogP contribution in [0.25, 0.3) is 0 Å². The zero-order valence-electron chi connectivity index (χ0n) is 10.9. The second-order valence-electron chi connectivity index (χ2n) is 4.74. The fourth-order valence-electron chi connectivity index (χ4n) is 2.19. The fourth-order valence-corrected chi connectivity index (χ4v) is 2.19. The van der Waals surface area contributed by atoms with E-state index in [0.29, 0.717) is 5.56 Å². The number of carboxylic acid groups (broad SMARTS) is 1. The maximum atomic E-state index is 12.0. The quantitative estimate of drug-likeness (QED) is 0.490. The van der Waals surface area contributed by atoms with E-state index in [1.54, 1.807) is 0 Å². The van der Waals surface area contributed by atoms with Gasteiger partial charge in [0, 0.05) is 18.6 Å². The predicted octanol–water partition coefficient (Wildman–Crippen LogP) is 0.945. The molecule has 0 aromatic heterocycles. The molecule has 2 amide bonds. The molecular weight excluding hydrogens is 280 g/mol. The molecule has 1 saturated heterocycles. The van der Waals surface area contributed by atoms with Gasteiger partial charge in [0.25, 0.3) is 5.69 Å². The maximum Gasteiger partial charge on any atom is 0.304 e. The zero-order chi connectivity index (χ0) is 15.6. The molecule has 0 aliphatic carbocycles. The summed E-state index contributed by atoms with van der Waals surface area (Å²) in [4.78, 5) is 45.3. The molecule has 1 N–H and O–H groups in total. The number of amides is 2. The highest BCUT2D eigenvalue weighted by Gasteiger charge is 2.39. The molecule has 1 atom stereocenters. The van der Waals surface area contributed by atoms with E-state index in [1.807, 2.05) is 0 Å². The van der Waals surface area contributed by atoms with Crippen LogP contribution in [0.15, 0.2) is 24.3 Å². The fraction of sp³-hybridized carbons (Fsp3) is 0.308. The number of imide groups is 1. The minimum absolute atomic E-state index is 0.00815. The Morgan fingerprint density at radius 2 is 1.95 bits per heavy atom. The largest absolute Gasteiger partial charge is 0.481 e. The van der Waals surface area contributed by atoms with Crippen molar-refractivity contribution in [1.82, 2.24) is 4.90 Å². The number of benzene rings is 1. The maximum absolute atomic E-state index is 12.0. The molecule has 8 heteroatoms. The highest BCUT2D eigenvalue weighted by molar-refractivity contribution is 6.04. The van der Waals surface area contributed by atoms with Crippen molar-refractivity contribution in [3.05, 3.63) is 39.9 Å². The van der Waals surface area contributed by atoms with E-state index in [4.69, 9.17) is 5.11 Å². The minimum atomic E-state index is -1.13. The second-order valence-corrected chi connectivity index (χ2v) is 4.74. The monoisotopic (exact) mass is 292 g/mol. The summed E-state index contributed by atoms with van der Waals surface area (Å²) in [7, 11) is 0. The van der Waals surface area contributed by atoms with Crippen molar-refractivity contribution in [2.24, 2.45) is 5.92 Å².